The maximum absolute atomic E-state index is 12.0. The fourth-order valence-electron chi connectivity index (χ4n) is 3.62. The van der Waals surface area contributed by atoms with Crippen LogP contribution in [0.4, 0.5) is 5.69 Å². The lowest BCUT2D eigenvalue weighted by atomic mass is 9.85. The zero-order chi connectivity index (χ0) is 15.1. The van der Waals surface area contributed by atoms with Crippen molar-refractivity contribution in [3.63, 3.8) is 0 Å². The number of primary amides is 1. The van der Waals surface area contributed by atoms with Crippen molar-refractivity contribution in [1.82, 2.24) is 5.32 Å². The van der Waals surface area contributed by atoms with Crippen LogP contribution in [0, 0.1) is 0 Å². The molecular formula is C17H19N3OS. The first-order chi connectivity index (χ1) is 10.8. The van der Waals surface area contributed by atoms with E-state index in [1.807, 2.05) is 12.1 Å². The van der Waals surface area contributed by atoms with E-state index in [-0.39, 0.29) is 5.91 Å². The number of hydrogen-bond acceptors (Lipinski definition) is 4. The Morgan fingerprint density at radius 2 is 2.00 bits per heavy atom. The highest BCUT2D eigenvalue weighted by Crippen LogP contribution is 2.47. The maximum Gasteiger partial charge on any atom is 0.259 e. The van der Waals surface area contributed by atoms with E-state index in [9.17, 15) is 4.79 Å². The predicted octanol–water partition coefficient (Wildman–Crippen LogP) is 2.91. The summed E-state index contributed by atoms with van der Waals surface area (Å²) >= 11 is 1.57. The lowest BCUT2D eigenvalue weighted by molar-refractivity contribution is 0.100. The molecule has 5 heteroatoms. The van der Waals surface area contributed by atoms with Gasteiger partial charge in [0.25, 0.3) is 5.91 Å². The summed E-state index contributed by atoms with van der Waals surface area (Å²) in [6, 6.07) is 8.29. The molecule has 1 aromatic heterocycles. The third-order valence-electron chi connectivity index (χ3n) is 4.65. The van der Waals surface area contributed by atoms with Crippen LogP contribution in [0.2, 0.25) is 0 Å². The molecule has 0 spiro atoms. The first-order valence-electron chi connectivity index (χ1n) is 7.75. The number of piperidine rings is 1. The van der Waals surface area contributed by atoms with Crippen molar-refractivity contribution in [3.05, 3.63) is 40.3 Å². The zero-order valence-corrected chi connectivity index (χ0v) is 13.1. The number of rotatable bonds is 2. The minimum Gasteiger partial charge on any atom is -0.380 e. The Morgan fingerprint density at radius 1 is 1.23 bits per heavy atom. The molecule has 0 bridgehead atoms. The molecule has 114 valence electrons. The first-order valence-corrected chi connectivity index (χ1v) is 8.56. The molecule has 0 atom stereocenters. The first kappa shape index (κ1) is 13.8. The summed E-state index contributed by atoms with van der Waals surface area (Å²) in [5.41, 5.74) is 10.5. The number of carbonyl (C=O) groups excluding carboxylic acids is 1. The van der Waals surface area contributed by atoms with Crippen LogP contribution in [0.1, 0.15) is 39.6 Å². The molecule has 0 aliphatic carbocycles. The van der Waals surface area contributed by atoms with Crippen LogP contribution in [0.3, 0.4) is 0 Å². The van der Waals surface area contributed by atoms with Crippen LogP contribution in [0.25, 0.3) is 10.4 Å². The van der Waals surface area contributed by atoms with E-state index in [0.29, 0.717) is 5.92 Å². The predicted molar refractivity (Wildman–Crippen MR) is 90.4 cm³/mol. The van der Waals surface area contributed by atoms with Crippen LogP contribution in [0.15, 0.2) is 24.3 Å². The number of benzene rings is 1. The molecule has 22 heavy (non-hydrogen) atoms. The normalized spacial score (nSPS) is 17.5. The zero-order valence-electron chi connectivity index (χ0n) is 12.3. The van der Waals surface area contributed by atoms with E-state index in [1.54, 1.807) is 11.3 Å². The van der Waals surface area contributed by atoms with Crippen molar-refractivity contribution in [2.45, 2.75) is 25.3 Å². The molecule has 4 rings (SSSR count). The molecule has 1 amide bonds. The molecule has 2 aliphatic rings. The fourth-order valence-corrected chi connectivity index (χ4v) is 4.91. The summed E-state index contributed by atoms with van der Waals surface area (Å²) in [6.07, 6.45) is 2.15. The number of anilines is 1. The Bertz CT molecular complexity index is 732. The summed E-state index contributed by atoms with van der Waals surface area (Å²) in [6.45, 7) is 2.81. The van der Waals surface area contributed by atoms with Crippen molar-refractivity contribution < 1.29 is 4.79 Å². The van der Waals surface area contributed by atoms with E-state index in [1.165, 1.54) is 21.6 Å². The highest BCUT2D eigenvalue weighted by molar-refractivity contribution is 7.18. The van der Waals surface area contributed by atoms with Crippen LogP contribution in [0.5, 0.6) is 0 Å². The molecule has 4 nitrogen and oxygen atoms in total. The second kappa shape index (κ2) is 5.41. The van der Waals surface area contributed by atoms with Gasteiger partial charge in [-0.25, -0.2) is 0 Å². The second-order valence-corrected chi connectivity index (χ2v) is 6.96. The number of para-hydroxylation sites is 1. The van der Waals surface area contributed by atoms with Gasteiger partial charge in [-0.05, 0) is 49.0 Å². The molecule has 4 N–H and O–H groups in total. The molecule has 1 saturated heterocycles. The SMILES string of the molecule is NC(=O)c1sc2c(c1C1CCNCC1)CNc1ccccc1-2. The van der Waals surface area contributed by atoms with E-state index in [2.05, 4.69) is 22.8 Å². The summed E-state index contributed by atoms with van der Waals surface area (Å²) in [5.74, 6) is 0.154. The van der Waals surface area contributed by atoms with Gasteiger partial charge in [-0.15, -0.1) is 11.3 Å². The van der Waals surface area contributed by atoms with Gasteiger partial charge in [-0.3, -0.25) is 4.79 Å². The minimum atomic E-state index is -0.287. The molecule has 1 aromatic carbocycles. The number of amides is 1. The number of hydrogen-bond donors (Lipinski definition) is 3. The smallest absolute Gasteiger partial charge is 0.259 e. The Hall–Kier alpha value is -1.85. The van der Waals surface area contributed by atoms with Gasteiger partial charge < -0.3 is 16.4 Å². The molecule has 0 saturated carbocycles. The lowest BCUT2D eigenvalue weighted by Gasteiger charge is -2.26. The minimum absolute atomic E-state index is 0.287. The van der Waals surface area contributed by atoms with E-state index in [0.717, 1.165) is 43.0 Å². The number of fused-ring (bicyclic) bond motifs is 3. The number of nitrogens with one attached hydrogen (secondary N) is 2. The molecule has 2 aromatic rings. The van der Waals surface area contributed by atoms with Crippen LogP contribution >= 0.6 is 11.3 Å². The lowest BCUT2D eigenvalue weighted by Crippen LogP contribution is -2.28. The Balaban J connectivity index is 1.88. The summed E-state index contributed by atoms with van der Waals surface area (Å²) in [5, 5.41) is 6.88. The van der Waals surface area contributed by atoms with E-state index in [4.69, 9.17) is 5.73 Å². The molecule has 2 aliphatic heterocycles. The molecule has 0 unspecified atom stereocenters. The van der Waals surface area contributed by atoms with Crippen molar-refractivity contribution >= 4 is 22.9 Å². The largest absolute Gasteiger partial charge is 0.380 e. The summed E-state index contributed by atoms with van der Waals surface area (Å²) in [4.78, 5) is 14.0. The molecular weight excluding hydrogens is 294 g/mol. The number of thiophene rings is 1. The van der Waals surface area contributed by atoms with E-state index >= 15 is 0 Å². The average molecular weight is 313 g/mol. The monoisotopic (exact) mass is 313 g/mol. The highest BCUT2D eigenvalue weighted by Gasteiger charge is 2.30. The Labute approximate surface area is 133 Å². The fraction of sp³-hybridized carbons (Fsp3) is 0.353. The van der Waals surface area contributed by atoms with Gasteiger partial charge in [0.15, 0.2) is 0 Å². The summed E-state index contributed by atoms with van der Waals surface area (Å²) < 4.78 is 0. The Morgan fingerprint density at radius 3 is 2.77 bits per heavy atom. The topological polar surface area (TPSA) is 67.2 Å². The van der Waals surface area contributed by atoms with Crippen molar-refractivity contribution in [3.8, 4) is 10.4 Å². The third-order valence-corrected chi connectivity index (χ3v) is 5.94. The van der Waals surface area contributed by atoms with Crippen molar-refractivity contribution in [2.24, 2.45) is 5.73 Å². The highest BCUT2D eigenvalue weighted by atomic mass is 32.1. The maximum atomic E-state index is 12.0. The van der Waals surface area contributed by atoms with Crippen molar-refractivity contribution in [2.75, 3.05) is 18.4 Å². The summed E-state index contributed by atoms with van der Waals surface area (Å²) in [7, 11) is 0. The Kier molecular flexibility index (Phi) is 3.39. The van der Waals surface area contributed by atoms with Crippen molar-refractivity contribution in [1.29, 1.82) is 0 Å². The number of carbonyl (C=O) groups is 1. The molecule has 1 fully saturated rings. The standard InChI is InChI=1S/C17H19N3OS/c18-17(21)16-14(10-5-7-19-8-6-10)12-9-20-13-4-2-1-3-11(13)15(12)22-16/h1-4,10,19-20H,5-9H2,(H2,18,21). The van der Waals surface area contributed by atoms with Gasteiger partial charge in [-0.2, -0.15) is 0 Å². The van der Waals surface area contributed by atoms with Crippen LogP contribution in [-0.4, -0.2) is 19.0 Å². The van der Waals surface area contributed by atoms with Crippen LogP contribution in [-0.2, 0) is 6.54 Å². The van der Waals surface area contributed by atoms with Gasteiger partial charge >= 0.3 is 0 Å². The quantitative estimate of drug-likeness (QED) is 0.798. The third kappa shape index (κ3) is 2.12. The van der Waals surface area contributed by atoms with Gasteiger partial charge in [0, 0.05) is 22.7 Å². The second-order valence-electron chi connectivity index (χ2n) is 5.94. The van der Waals surface area contributed by atoms with Crippen LogP contribution < -0.4 is 16.4 Å². The number of nitrogens with two attached hydrogens (primary N) is 1. The van der Waals surface area contributed by atoms with Gasteiger partial charge in [0.05, 0.1) is 4.88 Å². The molecule has 3 heterocycles. The van der Waals surface area contributed by atoms with E-state index < -0.39 is 0 Å². The molecule has 0 radical (unpaired) electrons. The van der Waals surface area contributed by atoms with Gasteiger partial charge in [0.1, 0.15) is 0 Å². The van der Waals surface area contributed by atoms with Gasteiger partial charge in [-0.1, -0.05) is 18.2 Å². The average Bonchev–Trinajstić information content (AvgIpc) is 2.96. The van der Waals surface area contributed by atoms with Gasteiger partial charge in [0.2, 0.25) is 0 Å².